The Morgan fingerprint density at radius 3 is 2.63 bits per heavy atom. The van der Waals surface area contributed by atoms with Crippen LogP contribution in [0, 0.1) is 0 Å². The molecule has 1 saturated heterocycles. The van der Waals surface area contributed by atoms with Gasteiger partial charge in [0.15, 0.2) is 5.82 Å². The Kier molecular flexibility index (Phi) is 6.73. The number of anilines is 1. The molecule has 4 rings (SSSR count). The van der Waals surface area contributed by atoms with Crippen LogP contribution in [0.15, 0.2) is 36.1 Å². The fraction of sp³-hybridized carbons (Fsp3) is 0.381. The summed E-state index contributed by atoms with van der Waals surface area (Å²) in [5.74, 6) is 0.894. The molecule has 0 bridgehead atoms. The lowest BCUT2D eigenvalue weighted by Crippen LogP contribution is -2.33. The van der Waals surface area contributed by atoms with E-state index in [0.29, 0.717) is 34.0 Å². The van der Waals surface area contributed by atoms with Crippen molar-refractivity contribution in [1.29, 1.82) is 0 Å². The van der Waals surface area contributed by atoms with E-state index in [0.717, 1.165) is 43.0 Å². The second-order valence-corrected chi connectivity index (χ2v) is 9.14. The van der Waals surface area contributed by atoms with E-state index in [-0.39, 0.29) is 5.91 Å². The number of halogens is 2. The zero-order valence-corrected chi connectivity index (χ0v) is 19.0. The number of thiazole rings is 1. The summed E-state index contributed by atoms with van der Waals surface area (Å²) in [6.07, 6.45) is 5.33. The number of nitrogens with zero attached hydrogens (tertiary/aromatic N) is 4. The largest absolute Gasteiger partial charge is 0.349 e. The van der Waals surface area contributed by atoms with Gasteiger partial charge in [0.25, 0.3) is 5.91 Å². The van der Waals surface area contributed by atoms with Crippen molar-refractivity contribution < 1.29 is 4.79 Å². The van der Waals surface area contributed by atoms with Gasteiger partial charge in [-0.05, 0) is 56.6 Å². The summed E-state index contributed by atoms with van der Waals surface area (Å²) in [5, 5.41) is 4.25. The first-order chi connectivity index (χ1) is 14.5. The molecule has 0 radical (unpaired) electrons. The highest BCUT2D eigenvalue weighted by atomic mass is 35.5. The third-order valence-corrected chi connectivity index (χ3v) is 6.77. The third-order valence-electron chi connectivity index (χ3n) is 5.33. The highest BCUT2D eigenvalue weighted by Gasteiger charge is 2.26. The van der Waals surface area contributed by atoms with Gasteiger partial charge in [-0.1, -0.05) is 23.2 Å². The quantitative estimate of drug-likeness (QED) is 0.543. The fourth-order valence-electron chi connectivity index (χ4n) is 3.82. The van der Waals surface area contributed by atoms with Crippen LogP contribution in [-0.4, -0.2) is 45.4 Å². The first kappa shape index (κ1) is 21.3. The Morgan fingerprint density at radius 2 is 2.00 bits per heavy atom. The zero-order chi connectivity index (χ0) is 21.1. The maximum Gasteiger partial charge on any atom is 0.278 e. The van der Waals surface area contributed by atoms with Gasteiger partial charge in [-0.25, -0.2) is 9.97 Å². The minimum atomic E-state index is -0.109. The number of amides is 1. The summed E-state index contributed by atoms with van der Waals surface area (Å²) in [7, 11) is 0. The minimum Gasteiger partial charge on any atom is -0.349 e. The van der Waals surface area contributed by atoms with Crippen molar-refractivity contribution in [2.24, 2.45) is 0 Å². The molecule has 3 aromatic rings. The SMILES string of the molecule is CCN(C(=O)c1csc(C2CCN(Cc3cc(Cl)cc(Cl)c3)CC2)n1)c1c[nH]cn1. The third kappa shape index (κ3) is 4.86. The van der Waals surface area contributed by atoms with Gasteiger partial charge in [0, 0.05) is 40.6 Å². The molecule has 2 aromatic heterocycles. The molecule has 0 unspecified atom stereocenters. The number of benzene rings is 1. The molecule has 0 atom stereocenters. The van der Waals surface area contributed by atoms with Crippen molar-refractivity contribution in [1.82, 2.24) is 19.9 Å². The Bertz CT molecular complexity index is 979. The van der Waals surface area contributed by atoms with Gasteiger partial charge in [0.1, 0.15) is 5.69 Å². The van der Waals surface area contributed by atoms with Crippen molar-refractivity contribution in [3.8, 4) is 0 Å². The summed E-state index contributed by atoms with van der Waals surface area (Å²) in [6, 6.07) is 5.69. The summed E-state index contributed by atoms with van der Waals surface area (Å²) in [4.78, 5) is 28.7. The number of imidazole rings is 1. The first-order valence-corrected chi connectivity index (χ1v) is 11.6. The van der Waals surface area contributed by atoms with E-state index in [4.69, 9.17) is 23.2 Å². The van der Waals surface area contributed by atoms with Gasteiger partial charge in [0.2, 0.25) is 0 Å². The van der Waals surface area contributed by atoms with Crippen molar-refractivity contribution in [2.45, 2.75) is 32.2 Å². The Morgan fingerprint density at radius 1 is 1.27 bits per heavy atom. The number of aromatic amines is 1. The van der Waals surface area contributed by atoms with E-state index in [1.54, 1.807) is 34.8 Å². The lowest BCUT2D eigenvalue weighted by Gasteiger charge is -2.31. The van der Waals surface area contributed by atoms with Crippen LogP contribution >= 0.6 is 34.5 Å². The second kappa shape index (κ2) is 9.47. The normalized spacial score (nSPS) is 15.4. The molecule has 0 spiro atoms. The van der Waals surface area contributed by atoms with Crippen LogP contribution < -0.4 is 4.90 Å². The lowest BCUT2D eigenvalue weighted by atomic mass is 9.97. The monoisotopic (exact) mass is 463 g/mol. The van der Waals surface area contributed by atoms with E-state index in [9.17, 15) is 4.79 Å². The average Bonchev–Trinajstić information content (AvgIpc) is 3.41. The van der Waals surface area contributed by atoms with E-state index < -0.39 is 0 Å². The number of carbonyl (C=O) groups excluding carboxylic acids is 1. The van der Waals surface area contributed by atoms with Crippen LogP contribution in [0.5, 0.6) is 0 Å². The molecule has 3 heterocycles. The van der Waals surface area contributed by atoms with Crippen LogP contribution in [-0.2, 0) is 6.54 Å². The van der Waals surface area contributed by atoms with E-state index in [1.165, 1.54) is 0 Å². The second-order valence-electron chi connectivity index (χ2n) is 7.38. The molecular formula is C21H23Cl2N5OS. The number of likely N-dealkylation sites (tertiary alicyclic amines) is 1. The molecule has 0 aliphatic carbocycles. The number of H-pyrrole nitrogens is 1. The lowest BCUT2D eigenvalue weighted by molar-refractivity contribution is 0.0983. The summed E-state index contributed by atoms with van der Waals surface area (Å²) in [6.45, 7) is 5.27. The predicted molar refractivity (Wildman–Crippen MR) is 122 cm³/mol. The Hall–Kier alpha value is -1.93. The van der Waals surface area contributed by atoms with Crippen LogP contribution in [0.4, 0.5) is 5.82 Å². The van der Waals surface area contributed by atoms with Crippen LogP contribution in [0.25, 0.3) is 0 Å². The van der Waals surface area contributed by atoms with E-state index in [2.05, 4.69) is 19.9 Å². The molecule has 6 nitrogen and oxygen atoms in total. The number of piperidine rings is 1. The van der Waals surface area contributed by atoms with Crippen molar-refractivity contribution in [3.63, 3.8) is 0 Å². The molecule has 30 heavy (non-hydrogen) atoms. The maximum absolute atomic E-state index is 12.9. The summed E-state index contributed by atoms with van der Waals surface area (Å²) < 4.78 is 0. The molecule has 1 aromatic carbocycles. The smallest absolute Gasteiger partial charge is 0.278 e. The first-order valence-electron chi connectivity index (χ1n) is 9.97. The highest BCUT2D eigenvalue weighted by molar-refractivity contribution is 7.10. The van der Waals surface area contributed by atoms with Gasteiger partial charge in [-0.2, -0.15) is 0 Å². The van der Waals surface area contributed by atoms with Gasteiger partial charge in [-0.3, -0.25) is 14.6 Å². The van der Waals surface area contributed by atoms with Crippen LogP contribution in [0.2, 0.25) is 10.0 Å². The fourth-order valence-corrected chi connectivity index (χ4v) is 5.36. The van der Waals surface area contributed by atoms with Crippen molar-refractivity contribution in [3.05, 3.63) is 62.4 Å². The van der Waals surface area contributed by atoms with Crippen LogP contribution in [0.3, 0.4) is 0 Å². The molecule has 1 aliphatic rings. The molecule has 1 amide bonds. The number of rotatable bonds is 6. The molecule has 1 fully saturated rings. The number of aromatic nitrogens is 3. The zero-order valence-electron chi connectivity index (χ0n) is 16.6. The van der Waals surface area contributed by atoms with Gasteiger partial charge < -0.3 is 4.98 Å². The van der Waals surface area contributed by atoms with E-state index in [1.807, 2.05) is 24.4 Å². The highest BCUT2D eigenvalue weighted by Crippen LogP contribution is 2.32. The maximum atomic E-state index is 12.9. The van der Waals surface area contributed by atoms with Gasteiger partial charge in [-0.15, -0.1) is 11.3 Å². The Labute approximate surface area is 189 Å². The minimum absolute atomic E-state index is 0.109. The molecule has 158 valence electrons. The van der Waals surface area contributed by atoms with Crippen molar-refractivity contribution >= 4 is 46.3 Å². The standard InChI is InChI=1S/C21H23Cl2N5OS/c1-2-28(19-10-24-13-25-19)21(29)18-12-30-20(26-18)15-3-5-27(6-4-15)11-14-7-16(22)9-17(23)8-14/h7-10,12-13,15H,2-6,11H2,1H3,(H,24,25). The van der Waals surface area contributed by atoms with Gasteiger partial charge in [0.05, 0.1) is 11.3 Å². The van der Waals surface area contributed by atoms with E-state index >= 15 is 0 Å². The number of hydrogen-bond acceptors (Lipinski definition) is 5. The number of carbonyl (C=O) groups is 1. The molecule has 1 aliphatic heterocycles. The molecule has 1 N–H and O–H groups in total. The predicted octanol–water partition coefficient (Wildman–Crippen LogP) is 5.22. The Balaban J connectivity index is 1.36. The molecule has 9 heteroatoms. The number of hydrogen-bond donors (Lipinski definition) is 1. The molecular weight excluding hydrogens is 441 g/mol. The van der Waals surface area contributed by atoms with Gasteiger partial charge >= 0.3 is 0 Å². The average molecular weight is 464 g/mol. The number of nitrogens with one attached hydrogen (secondary N) is 1. The topological polar surface area (TPSA) is 65.1 Å². The van der Waals surface area contributed by atoms with Crippen molar-refractivity contribution in [2.75, 3.05) is 24.5 Å². The summed E-state index contributed by atoms with van der Waals surface area (Å²) in [5.41, 5.74) is 1.63. The van der Waals surface area contributed by atoms with Crippen LogP contribution in [0.1, 0.15) is 46.7 Å². The summed E-state index contributed by atoms with van der Waals surface area (Å²) >= 11 is 13.8. The molecule has 0 saturated carbocycles.